The third-order valence-electron chi connectivity index (χ3n) is 14.5. The first-order valence-electron chi connectivity index (χ1n) is 25.4. The lowest BCUT2D eigenvalue weighted by atomic mass is 9.82. The molecule has 74 heavy (non-hydrogen) atoms. The van der Waals surface area contributed by atoms with Crippen molar-refractivity contribution >= 4 is 77.4 Å². The van der Waals surface area contributed by atoms with Crippen LogP contribution in [0.1, 0.15) is 66.6 Å². The third-order valence-corrected chi connectivity index (χ3v) is 15.5. The van der Waals surface area contributed by atoms with Gasteiger partial charge >= 0.3 is 0 Å². The maximum absolute atomic E-state index is 3.56. The number of halogens is 2. The average molecular weight is 1090 g/mol. The van der Waals surface area contributed by atoms with Crippen LogP contribution in [0.3, 0.4) is 0 Å². The number of nitrogens with zero attached hydrogens (tertiary/aromatic N) is 2. The second kappa shape index (κ2) is 21.2. The summed E-state index contributed by atoms with van der Waals surface area (Å²) in [6.07, 6.45) is 0. The van der Waals surface area contributed by atoms with E-state index in [1.54, 1.807) is 0 Å². The first-order chi connectivity index (χ1) is 35.7. The van der Waals surface area contributed by atoms with Crippen molar-refractivity contribution in [2.45, 2.75) is 59.3 Å². The first-order valence-corrected chi connectivity index (χ1v) is 27.0. The topological polar surface area (TPSA) is 18.5 Å². The van der Waals surface area contributed by atoms with Gasteiger partial charge in [0, 0.05) is 65.3 Å². The van der Waals surface area contributed by atoms with Crippen LogP contribution in [0.25, 0.3) is 22.3 Å². The minimum atomic E-state index is -0.0927. The van der Waals surface area contributed by atoms with Gasteiger partial charge in [-0.3, -0.25) is 0 Å². The number of nitrogens with one attached hydrogen (secondary N) is 1. The van der Waals surface area contributed by atoms with Crippen LogP contribution < -0.4 is 15.1 Å². The van der Waals surface area contributed by atoms with Gasteiger partial charge in [-0.25, -0.2) is 0 Å². The highest BCUT2D eigenvalue weighted by Gasteiger charge is 2.37. The second-order valence-electron chi connectivity index (χ2n) is 20.5. The predicted octanol–water partition coefficient (Wildman–Crippen LogP) is 20.8. The molecule has 0 saturated carbocycles. The fraction of sp³-hybridized carbons (Fsp3) is 0.130. The molecule has 0 saturated heterocycles. The molecule has 0 amide bonds. The molecule has 366 valence electrons. The van der Waals surface area contributed by atoms with Gasteiger partial charge < -0.3 is 15.1 Å². The molecule has 10 aromatic rings. The monoisotopic (exact) mass is 1090 g/mol. The Kier molecular flexibility index (Phi) is 14.3. The summed E-state index contributed by atoms with van der Waals surface area (Å²) in [4.78, 5) is 4.72. The number of fused-ring (bicyclic) bond motifs is 6. The van der Waals surface area contributed by atoms with Crippen LogP contribution in [0, 0.1) is 20.8 Å². The van der Waals surface area contributed by atoms with E-state index in [0.29, 0.717) is 0 Å². The number of hydrogen-bond donors (Lipinski definition) is 1. The van der Waals surface area contributed by atoms with Crippen LogP contribution in [0.15, 0.2) is 246 Å². The molecule has 3 nitrogen and oxygen atoms in total. The van der Waals surface area contributed by atoms with Gasteiger partial charge in [-0.05, 0) is 187 Å². The van der Waals surface area contributed by atoms with Gasteiger partial charge in [0.25, 0.3) is 0 Å². The number of rotatable bonds is 8. The number of benzene rings is 10. The van der Waals surface area contributed by atoms with Crippen molar-refractivity contribution in [2.75, 3.05) is 15.1 Å². The van der Waals surface area contributed by atoms with E-state index in [0.717, 1.165) is 54.4 Å². The van der Waals surface area contributed by atoms with E-state index < -0.39 is 0 Å². The molecular formula is C69H61Br2N3. The highest BCUT2D eigenvalue weighted by molar-refractivity contribution is 9.10. The highest BCUT2D eigenvalue weighted by Crippen LogP contribution is 2.53. The van der Waals surface area contributed by atoms with Gasteiger partial charge in [-0.2, -0.15) is 0 Å². The number of hydrogen-bond acceptors (Lipinski definition) is 3. The van der Waals surface area contributed by atoms with E-state index in [4.69, 9.17) is 0 Å². The van der Waals surface area contributed by atoms with Gasteiger partial charge in [-0.1, -0.05) is 192 Å². The Morgan fingerprint density at radius 1 is 0.297 bits per heavy atom. The van der Waals surface area contributed by atoms with Gasteiger partial charge in [0.15, 0.2) is 0 Å². The first kappa shape index (κ1) is 50.1. The fourth-order valence-corrected chi connectivity index (χ4v) is 11.2. The molecule has 0 spiro atoms. The van der Waals surface area contributed by atoms with Crippen molar-refractivity contribution in [2.24, 2.45) is 0 Å². The van der Waals surface area contributed by atoms with E-state index in [2.05, 4.69) is 314 Å². The number of aryl methyl sites for hydroxylation is 3. The summed E-state index contributed by atoms with van der Waals surface area (Å²) < 4.78 is 2.28. The Morgan fingerprint density at radius 3 is 0.959 bits per heavy atom. The Labute approximate surface area is 455 Å². The predicted molar refractivity (Wildman–Crippen MR) is 323 cm³/mol. The quantitative estimate of drug-likeness (QED) is 0.164. The van der Waals surface area contributed by atoms with Crippen molar-refractivity contribution in [1.82, 2.24) is 0 Å². The summed E-state index contributed by atoms with van der Waals surface area (Å²) in [5, 5.41) is 3.33. The smallest absolute Gasteiger partial charge is 0.0468 e. The van der Waals surface area contributed by atoms with Crippen LogP contribution in [0.4, 0.5) is 45.5 Å². The largest absolute Gasteiger partial charge is 0.356 e. The van der Waals surface area contributed by atoms with Crippen molar-refractivity contribution in [3.05, 3.63) is 284 Å². The van der Waals surface area contributed by atoms with E-state index in [9.17, 15) is 0 Å². The summed E-state index contributed by atoms with van der Waals surface area (Å²) in [6.45, 7) is 15.6. The summed E-state index contributed by atoms with van der Waals surface area (Å²) in [5.41, 5.74) is 23.8. The highest BCUT2D eigenvalue weighted by atomic mass is 79.9. The molecule has 0 aliphatic heterocycles. The molecule has 0 atom stereocenters. The molecule has 0 bridgehead atoms. The number of anilines is 8. The summed E-state index contributed by atoms with van der Waals surface area (Å²) in [6, 6.07) is 84.6. The van der Waals surface area contributed by atoms with Crippen LogP contribution in [-0.4, -0.2) is 0 Å². The van der Waals surface area contributed by atoms with Gasteiger partial charge in [-0.15, -0.1) is 0 Å². The molecule has 2 aliphatic rings. The van der Waals surface area contributed by atoms with Gasteiger partial charge in [0.1, 0.15) is 0 Å². The van der Waals surface area contributed by atoms with Crippen LogP contribution in [-0.2, 0) is 10.8 Å². The maximum Gasteiger partial charge on any atom is 0.0468 e. The standard InChI is InChI=1S/C41H36N2.C15H12Br2.C13H13N/c1-29-15-19-33(20-16-29)42(31-11-7-5-8-12-31)35-23-25-39-37(27-35)38-28-36(24-26-40(38)41(39,3)4)43(32-13-9-6-10-14-32)34-21-17-30(2)18-22-34;1-15(2)13-5-3-9(16)7-11(13)12-8-10(17)4-6-14(12)15;1-11-7-9-13(10-8-11)14-12-5-3-2-4-6-12/h5-28H,1-4H3;3-8H,1-2H3;2-10,14H,1H3. The van der Waals surface area contributed by atoms with E-state index in [-0.39, 0.29) is 10.8 Å². The molecule has 1 N–H and O–H groups in total. The molecule has 0 heterocycles. The van der Waals surface area contributed by atoms with Crippen molar-refractivity contribution < 1.29 is 0 Å². The summed E-state index contributed by atoms with van der Waals surface area (Å²) in [5.74, 6) is 0. The normalized spacial score (nSPS) is 12.9. The molecule has 12 rings (SSSR count). The molecule has 0 unspecified atom stereocenters. The van der Waals surface area contributed by atoms with Crippen LogP contribution >= 0.6 is 31.9 Å². The summed E-state index contributed by atoms with van der Waals surface area (Å²) >= 11 is 7.12. The Balaban J connectivity index is 0.000000163. The SMILES string of the molecule is CC1(C)c2ccc(Br)cc2-c2cc(Br)ccc21.Cc1ccc(N(c2ccccc2)c2ccc3c(c2)-c2cc(N(c4ccccc4)c4ccc(C)cc4)ccc2C3(C)C)cc1.Cc1ccc(Nc2ccccc2)cc1. The zero-order valence-electron chi connectivity index (χ0n) is 43.2. The lowest BCUT2D eigenvalue weighted by molar-refractivity contribution is 0.660. The lowest BCUT2D eigenvalue weighted by Crippen LogP contribution is -2.16. The fourth-order valence-electron chi connectivity index (χ4n) is 10.5. The molecule has 0 radical (unpaired) electrons. The minimum Gasteiger partial charge on any atom is -0.356 e. The van der Waals surface area contributed by atoms with E-state index >= 15 is 0 Å². The minimum absolute atomic E-state index is 0.0927. The molecule has 2 aliphatic carbocycles. The molecule has 5 heteroatoms. The maximum atomic E-state index is 3.56. The Hall–Kier alpha value is -7.44. The molecular weight excluding hydrogens is 1030 g/mol. The van der Waals surface area contributed by atoms with Crippen molar-refractivity contribution in [3.63, 3.8) is 0 Å². The Morgan fingerprint density at radius 2 is 0.581 bits per heavy atom. The third kappa shape index (κ3) is 10.4. The molecule has 10 aromatic carbocycles. The lowest BCUT2D eigenvalue weighted by Gasteiger charge is -2.27. The number of para-hydroxylation sites is 3. The Bertz CT molecular complexity index is 3360. The average Bonchev–Trinajstić information content (AvgIpc) is 3.77. The zero-order chi connectivity index (χ0) is 51.6. The van der Waals surface area contributed by atoms with Crippen LogP contribution in [0.5, 0.6) is 0 Å². The van der Waals surface area contributed by atoms with Crippen LogP contribution in [0.2, 0.25) is 0 Å². The van der Waals surface area contributed by atoms with Crippen molar-refractivity contribution in [1.29, 1.82) is 0 Å². The zero-order valence-corrected chi connectivity index (χ0v) is 46.3. The van der Waals surface area contributed by atoms with Gasteiger partial charge in [0.2, 0.25) is 0 Å². The summed E-state index contributed by atoms with van der Waals surface area (Å²) in [7, 11) is 0. The van der Waals surface area contributed by atoms with Crippen molar-refractivity contribution in [3.8, 4) is 22.3 Å². The molecule has 0 aromatic heterocycles. The van der Waals surface area contributed by atoms with Gasteiger partial charge in [0.05, 0.1) is 0 Å². The van der Waals surface area contributed by atoms with E-state index in [1.165, 1.54) is 61.2 Å². The molecule has 0 fully saturated rings. The second-order valence-corrected chi connectivity index (χ2v) is 22.3. The van der Waals surface area contributed by atoms with E-state index in [1.807, 2.05) is 18.2 Å².